The molecule has 0 aliphatic heterocycles. The standard InChI is InChI=1S/C16H22N4O/c1-4-13-14(17)15(20(3)19-13)16(21)18-9-8-12-7-5-6-11(2)10-12/h5-7,10H,4,8-9,17H2,1-3H3,(H,18,21). The number of rotatable bonds is 5. The molecule has 0 fully saturated rings. The smallest absolute Gasteiger partial charge is 0.271 e. The first-order valence-electron chi connectivity index (χ1n) is 7.18. The lowest BCUT2D eigenvalue weighted by molar-refractivity contribution is 0.0945. The van der Waals surface area contributed by atoms with Crippen LogP contribution in [0.5, 0.6) is 0 Å². The summed E-state index contributed by atoms with van der Waals surface area (Å²) in [6.07, 6.45) is 1.52. The van der Waals surface area contributed by atoms with E-state index >= 15 is 0 Å². The second kappa shape index (κ2) is 6.43. The van der Waals surface area contributed by atoms with E-state index in [1.807, 2.05) is 13.0 Å². The summed E-state index contributed by atoms with van der Waals surface area (Å²) in [5.74, 6) is -0.171. The van der Waals surface area contributed by atoms with Crippen molar-refractivity contribution in [3.8, 4) is 0 Å². The van der Waals surface area contributed by atoms with Gasteiger partial charge < -0.3 is 11.1 Å². The number of hydrogen-bond donors (Lipinski definition) is 2. The van der Waals surface area contributed by atoms with Crippen LogP contribution in [0, 0.1) is 6.92 Å². The Kier molecular flexibility index (Phi) is 4.62. The molecule has 112 valence electrons. The molecule has 0 aliphatic carbocycles. The summed E-state index contributed by atoms with van der Waals surface area (Å²) in [7, 11) is 1.74. The van der Waals surface area contributed by atoms with Crippen LogP contribution in [0.3, 0.4) is 0 Å². The second-order valence-corrected chi connectivity index (χ2v) is 5.18. The third kappa shape index (κ3) is 3.42. The third-order valence-corrected chi connectivity index (χ3v) is 3.49. The lowest BCUT2D eigenvalue weighted by atomic mass is 10.1. The number of hydrogen-bond acceptors (Lipinski definition) is 3. The molecule has 1 heterocycles. The number of carbonyl (C=O) groups excluding carboxylic acids is 1. The van der Waals surface area contributed by atoms with Crippen molar-refractivity contribution in [2.75, 3.05) is 12.3 Å². The molecule has 2 aromatic rings. The number of nitrogens with one attached hydrogen (secondary N) is 1. The van der Waals surface area contributed by atoms with Gasteiger partial charge in [-0.15, -0.1) is 0 Å². The predicted octanol–water partition coefficient (Wildman–Crippen LogP) is 1.85. The number of carbonyl (C=O) groups is 1. The maximum Gasteiger partial charge on any atom is 0.271 e. The summed E-state index contributed by atoms with van der Waals surface area (Å²) in [4.78, 5) is 12.2. The molecule has 1 aromatic heterocycles. The Bertz CT molecular complexity index is 646. The molecule has 0 saturated carbocycles. The fourth-order valence-electron chi connectivity index (χ4n) is 2.40. The van der Waals surface area contributed by atoms with E-state index in [0.29, 0.717) is 17.9 Å². The molecule has 3 N–H and O–H groups in total. The Morgan fingerprint density at radius 2 is 2.19 bits per heavy atom. The van der Waals surface area contributed by atoms with E-state index in [1.54, 1.807) is 11.7 Å². The zero-order valence-electron chi connectivity index (χ0n) is 12.8. The fraction of sp³-hybridized carbons (Fsp3) is 0.375. The van der Waals surface area contributed by atoms with Crippen molar-refractivity contribution in [3.63, 3.8) is 0 Å². The van der Waals surface area contributed by atoms with E-state index in [0.717, 1.165) is 18.5 Å². The highest BCUT2D eigenvalue weighted by Crippen LogP contribution is 2.16. The van der Waals surface area contributed by atoms with Gasteiger partial charge in [-0.05, 0) is 25.3 Å². The fourth-order valence-corrected chi connectivity index (χ4v) is 2.40. The van der Waals surface area contributed by atoms with Crippen LogP contribution < -0.4 is 11.1 Å². The van der Waals surface area contributed by atoms with Crippen molar-refractivity contribution in [2.45, 2.75) is 26.7 Å². The van der Waals surface area contributed by atoms with Gasteiger partial charge in [-0.1, -0.05) is 36.8 Å². The zero-order chi connectivity index (χ0) is 15.4. The molecule has 0 aliphatic rings. The van der Waals surface area contributed by atoms with Gasteiger partial charge in [-0.25, -0.2) is 0 Å². The number of aromatic nitrogens is 2. The first-order valence-corrected chi connectivity index (χ1v) is 7.18. The van der Waals surface area contributed by atoms with Gasteiger partial charge in [0.05, 0.1) is 11.4 Å². The molecule has 0 atom stereocenters. The Balaban J connectivity index is 1.98. The largest absolute Gasteiger partial charge is 0.395 e. The Hall–Kier alpha value is -2.30. The highest BCUT2D eigenvalue weighted by atomic mass is 16.2. The minimum absolute atomic E-state index is 0.171. The number of amides is 1. The maximum absolute atomic E-state index is 12.2. The van der Waals surface area contributed by atoms with E-state index in [2.05, 4.69) is 35.5 Å². The van der Waals surface area contributed by atoms with Crippen LogP contribution in [0.25, 0.3) is 0 Å². The summed E-state index contributed by atoms with van der Waals surface area (Å²) >= 11 is 0. The minimum Gasteiger partial charge on any atom is -0.395 e. The highest BCUT2D eigenvalue weighted by molar-refractivity contribution is 5.97. The van der Waals surface area contributed by atoms with Crippen molar-refractivity contribution < 1.29 is 4.79 Å². The van der Waals surface area contributed by atoms with Crippen LogP contribution in [0.4, 0.5) is 5.69 Å². The summed E-state index contributed by atoms with van der Waals surface area (Å²) in [5.41, 5.74) is 10.1. The molecule has 0 saturated heterocycles. The van der Waals surface area contributed by atoms with Crippen molar-refractivity contribution in [3.05, 3.63) is 46.8 Å². The van der Waals surface area contributed by atoms with Crippen molar-refractivity contribution >= 4 is 11.6 Å². The molecule has 1 amide bonds. The molecule has 5 heteroatoms. The van der Waals surface area contributed by atoms with Crippen LogP contribution in [0.1, 0.15) is 34.2 Å². The SMILES string of the molecule is CCc1nn(C)c(C(=O)NCCc2cccc(C)c2)c1N. The van der Waals surface area contributed by atoms with Gasteiger partial charge in [-0.3, -0.25) is 9.48 Å². The summed E-state index contributed by atoms with van der Waals surface area (Å²) in [6.45, 7) is 4.61. The zero-order valence-corrected chi connectivity index (χ0v) is 12.8. The van der Waals surface area contributed by atoms with Crippen LogP contribution in [-0.2, 0) is 19.9 Å². The minimum atomic E-state index is -0.171. The molecule has 2 rings (SSSR count). The van der Waals surface area contributed by atoms with E-state index < -0.39 is 0 Å². The Morgan fingerprint density at radius 1 is 1.43 bits per heavy atom. The monoisotopic (exact) mass is 286 g/mol. The van der Waals surface area contributed by atoms with Gasteiger partial charge in [0.2, 0.25) is 0 Å². The molecule has 21 heavy (non-hydrogen) atoms. The summed E-state index contributed by atoms with van der Waals surface area (Å²) in [5, 5.41) is 7.16. The van der Waals surface area contributed by atoms with Gasteiger partial charge in [0.15, 0.2) is 0 Å². The van der Waals surface area contributed by atoms with Crippen molar-refractivity contribution in [2.24, 2.45) is 7.05 Å². The van der Waals surface area contributed by atoms with Gasteiger partial charge in [0.25, 0.3) is 5.91 Å². The maximum atomic E-state index is 12.2. The molecule has 0 radical (unpaired) electrons. The molecular formula is C16H22N4O. The topological polar surface area (TPSA) is 72.9 Å². The number of anilines is 1. The third-order valence-electron chi connectivity index (χ3n) is 3.49. The number of nitrogen functional groups attached to an aromatic ring is 1. The van der Waals surface area contributed by atoms with Gasteiger partial charge in [0, 0.05) is 13.6 Å². The predicted molar refractivity (Wildman–Crippen MR) is 84.2 cm³/mol. The molecule has 0 unspecified atom stereocenters. The van der Waals surface area contributed by atoms with Crippen LogP contribution >= 0.6 is 0 Å². The summed E-state index contributed by atoms with van der Waals surface area (Å²) < 4.78 is 1.55. The Labute approximate surface area is 125 Å². The number of nitrogens with zero attached hydrogens (tertiary/aromatic N) is 2. The van der Waals surface area contributed by atoms with Crippen molar-refractivity contribution in [1.82, 2.24) is 15.1 Å². The quantitative estimate of drug-likeness (QED) is 0.881. The average Bonchev–Trinajstić information content (AvgIpc) is 2.73. The number of nitrogens with two attached hydrogens (primary N) is 1. The van der Waals surface area contributed by atoms with Crippen LogP contribution in [0.15, 0.2) is 24.3 Å². The first-order chi connectivity index (χ1) is 10.0. The normalized spacial score (nSPS) is 10.6. The molecule has 1 aromatic carbocycles. The van der Waals surface area contributed by atoms with Crippen LogP contribution in [0.2, 0.25) is 0 Å². The van der Waals surface area contributed by atoms with E-state index in [9.17, 15) is 4.79 Å². The molecule has 0 bridgehead atoms. The van der Waals surface area contributed by atoms with Gasteiger partial charge in [0.1, 0.15) is 5.69 Å². The van der Waals surface area contributed by atoms with E-state index in [4.69, 9.17) is 5.73 Å². The van der Waals surface area contributed by atoms with E-state index in [1.165, 1.54) is 11.1 Å². The number of aryl methyl sites for hydroxylation is 3. The molecular weight excluding hydrogens is 264 g/mol. The van der Waals surface area contributed by atoms with Gasteiger partial charge in [-0.2, -0.15) is 5.10 Å². The highest BCUT2D eigenvalue weighted by Gasteiger charge is 2.18. The van der Waals surface area contributed by atoms with Gasteiger partial charge >= 0.3 is 0 Å². The molecule has 0 spiro atoms. The van der Waals surface area contributed by atoms with E-state index in [-0.39, 0.29) is 5.91 Å². The van der Waals surface area contributed by atoms with Crippen LogP contribution in [-0.4, -0.2) is 22.2 Å². The first kappa shape index (κ1) is 15.1. The molecule has 5 nitrogen and oxygen atoms in total. The lowest BCUT2D eigenvalue weighted by Gasteiger charge is -2.07. The van der Waals surface area contributed by atoms with Crippen molar-refractivity contribution in [1.29, 1.82) is 0 Å². The Morgan fingerprint density at radius 3 is 2.81 bits per heavy atom. The average molecular weight is 286 g/mol. The summed E-state index contributed by atoms with van der Waals surface area (Å²) in [6, 6.07) is 8.27. The second-order valence-electron chi connectivity index (χ2n) is 5.18. The number of benzene rings is 1. The lowest BCUT2D eigenvalue weighted by Crippen LogP contribution is -2.28.